The summed E-state index contributed by atoms with van der Waals surface area (Å²) in [5.41, 5.74) is 0. The molecule has 0 fully saturated rings. The van der Waals surface area contributed by atoms with E-state index in [-0.39, 0.29) is 6.42 Å². The van der Waals surface area contributed by atoms with Crippen LogP contribution in [-0.4, -0.2) is 25.3 Å². The van der Waals surface area contributed by atoms with E-state index in [1.807, 2.05) is 0 Å². The fourth-order valence-electron chi connectivity index (χ4n) is 1.10. The van der Waals surface area contributed by atoms with Crippen molar-refractivity contribution in [3.63, 3.8) is 0 Å². The Labute approximate surface area is 97.3 Å². The molecule has 0 bridgehead atoms. The minimum absolute atomic E-state index is 0.120. The number of nitrogens with zero attached hydrogens (tertiary/aromatic N) is 1. The molecular weight excluding hydrogens is 262 g/mol. The Balaban J connectivity index is 4.83. The summed E-state index contributed by atoms with van der Waals surface area (Å²) < 4.78 is 72.0. The Morgan fingerprint density at radius 3 is 2.06 bits per heavy atom. The second-order valence-electron chi connectivity index (χ2n) is 3.63. The molecule has 0 spiro atoms. The van der Waals surface area contributed by atoms with Crippen LogP contribution in [0.3, 0.4) is 0 Å². The molecule has 0 aromatic carbocycles. The fraction of sp³-hybridized carbons (Fsp3) is 0.889. The fourth-order valence-corrected chi connectivity index (χ4v) is 2.52. The highest BCUT2D eigenvalue weighted by molar-refractivity contribution is 7.92. The first kappa shape index (κ1) is 16.2. The van der Waals surface area contributed by atoms with Gasteiger partial charge in [-0.2, -0.15) is 18.4 Å². The van der Waals surface area contributed by atoms with Crippen molar-refractivity contribution >= 4 is 9.84 Å². The van der Waals surface area contributed by atoms with Gasteiger partial charge in [-0.3, -0.25) is 0 Å². The molecular formula is C9H13F4NO2S. The van der Waals surface area contributed by atoms with Gasteiger partial charge < -0.3 is 0 Å². The molecule has 0 amide bonds. The maximum Gasteiger partial charge on any atom is 0.390 e. The number of halogens is 4. The van der Waals surface area contributed by atoms with Crippen LogP contribution in [0.2, 0.25) is 0 Å². The zero-order chi connectivity index (χ0) is 13.7. The van der Waals surface area contributed by atoms with Crippen molar-refractivity contribution in [3.8, 4) is 6.07 Å². The third-order valence-corrected chi connectivity index (χ3v) is 4.19. The molecule has 8 heteroatoms. The van der Waals surface area contributed by atoms with Crippen molar-refractivity contribution in [2.75, 3.05) is 5.75 Å². The van der Waals surface area contributed by atoms with Crippen LogP contribution in [0.15, 0.2) is 0 Å². The molecule has 0 saturated heterocycles. The summed E-state index contributed by atoms with van der Waals surface area (Å²) in [7, 11) is -4.73. The largest absolute Gasteiger partial charge is 0.390 e. The quantitative estimate of drug-likeness (QED) is 0.700. The normalized spacial score (nSPS) is 16.2. The summed E-state index contributed by atoms with van der Waals surface area (Å²) in [6, 6.07) is 0.968. The molecule has 0 saturated carbocycles. The Hall–Kier alpha value is -0.840. The molecule has 100 valence electrons. The van der Waals surface area contributed by atoms with Crippen molar-refractivity contribution in [2.45, 2.75) is 43.8 Å². The standard InChI is InChI=1S/C9H13F4NO2S/c1-2-3-4-8(10,7-14)17(15,16)6-5-9(11,12)13/h2-6H2,1H3. The van der Waals surface area contributed by atoms with Gasteiger partial charge in [0.1, 0.15) is 6.07 Å². The lowest BCUT2D eigenvalue weighted by molar-refractivity contribution is -0.130. The number of hydrogen-bond donors (Lipinski definition) is 0. The van der Waals surface area contributed by atoms with Crippen LogP contribution in [-0.2, 0) is 9.84 Å². The molecule has 0 aromatic rings. The van der Waals surface area contributed by atoms with Gasteiger partial charge in [0, 0.05) is 6.42 Å². The highest BCUT2D eigenvalue weighted by Gasteiger charge is 2.45. The van der Waals surface area contributed by atoms with E-state index in [4.69, 9.17) is 5.26 Å². The molecule has 1 atom stereocenters. The minimum Gasteiger partial charge on any atom is -0.224 e. The molecule has 0 rings (SSSR count). The lowest BCUT2D eigenvalue weighted by Crippen LogP contribution is -2.35. The molecule has 0 aliphatic rings. The molecule has 0 heterocycles. The third-order valence-electron chi connectivity index (χ3n) is 2.17. The molecule has 0 radical (unpaired) electrons. The molecule has 17 heavy (non-hydrogen) atoms. The van der Waals surface area contributed by atoms with E-state index < -0.39 is 39.6 Å². The van der Waals surface area contributed by atoms with Crippen LogP contribution in [0.1, 0.15) is 32.6 Å². The first-order valence-corrected chi connectivity index (χ1v) is 6.62. The molecule has 0 aliphatic carbocycles. The van der Waals surface area contributed by atoms with E-state index in [1.165, 1.54) is 0 Å². The Morgan fingerprint density at radius 2 is 1.71 bits per heavy atom. The van der Waals surface area contributed by atoms with Crippen molar-refractivity contribution in [2.24, 2.45) is 0 Å². The van der Waals surface area contributed by atoms with Crippen LogP contribution in [0.4, 0.5) is 17.6 Å². The average Bonchev–Trinajstić information content (AvgIpc) is 2.22. The molecule has 0 aliphatic heterocycles. The SMILES string of the molecule is CCCCC(F)(C#N)S(=O)(=O)CCC(F)(F)F. The van der Waals surface area contributed by atoms with Gasteiger partial charge in [0.2, 0.25) is 0 Å². The monoisotopic (exact) mass is 275 g/mol. The Bertz CT molecular complexity index is 385. The van der Waals surface area contributed by atoms with Crippen LogP contribution >= 0.6 is 0 Å². The third kappa shape index (κ3) is 4.89. The van der Waals surface area contributed by atoms with Crippen molar-refractivity contribution < 1.29 is 26.0 Å². The van der Waals surface area contributed by atoms with Gasteiger partial charge in [-0.05, 0) is 6.42 Å². The first-order valence-electron chi connectivity index (χ1n) is 4.97. The lowest BCUT2D eigenvalue weighted by atomic mass is 10.2. The smallest absolute Gasteiger partial charge is 0.224 e. The molecule has 0 N–H and O–H groups in total. The van der Waals surface area contributed by atoms with Gasteiger partial charge >= 0.3 is 6.18 Å². The highest BCUT2D eigenvalue weighted by Crippen LogP contribution is 2.29. The van der Waals surface area contributed by atoms with Crippen LogP contribution in [0.25, 0.3) is 0 Å². The first-order chi connectivity index (χ1) is 7.58. The van der Waals surface area contributed by atoms with Crippen LogP contribution < -0.4 is 0 Å². The number of nitriles is 1. The van der Waals surface area contributed by atoms with Gasteiger partial charge in [0.05, 0.1) is 12.2 Å². The number of unbranched alkanes of at least 4 members (excludes halogenated alkanes) is 1. The number of hydrogen-bond acceptors (Lipinski definition) is 3. The van der Waals surface area contributed by atoms with Gasteiger partial charge in [-0.15, -0.1) is 0 Å². The summed E-state index contributed by atoms with van der Waals surface area (Å²) >= 11 is 0. The van der Waals surface area contributed by atoms with E-state index in [0.29, 0.717) is 6.42 Å². The summed E-state index contributed by atoms with van der Waals surface area (Å²) in [4.78, 5) is 0. The number of alkyl halides is 4. The van der Waals surface area contributed by atoms with Crippen molar-refractivity contribution in [1.82, 2.24) is 0 Å². The highest BCUT2D eigenvalue weighted by atomic mass is 32.2. The molecule has 0 aromatic heterocycles. The summed E-state index contributed by atoms with van der Waals surface area (Å²) in [6.45, 7) is 1.65. The van der Waals surface area contributed by atoms with Crippen molar-refractivity contribution in [1.29, 1.82) is 5.26 Å². The van der Waals surface area contributed by atoms with E-state index in [1.54, 1.807) is 6.92 Å². The van der Waals surface area contributed by atoms with Gasteiger partial charge in [-0.1, -0.05) is 13.3 Å². The van der Waals surface area contributed by atoms with Gasteiger partial charge in [-0.25, -0.2) is 12.8 Å². The predicted octanol–water partition coefficient (Wildman–Crippen LogP) is 2.73. The molecule has 3 nitrogen and oxygen atoms in total. The summed E-state index contributed by atoms with van der Waals surface area (Å²) in [5.74, 6) is -1.40. The van der Waals surface area contributed by atoms with Gasteiger partial charge in [0.25, 0.3) is 5.00 Å². The second-order valence-corrected chi connectivity index (χ2v) is 5.91. The van der Waals surface area contributed by atoms with Crippen LogP contribution in [0.5, 0.6) is 0 Å². The average molecular weight is 275 g/mol. The second kappa shape index (κ2) is 5.67. The summed E-state index contributed by atoms with van der Waals surface area (Å²) in [6.07, 6.45) is -6.36. The minimum atomic E-state index is -4.73. The van der Waals surface area contributed by atoms with E-state index >= 15 is 0 Å². The van der Waals surface area contributed by atoms with Crippen molar-refractivity contribution in [3.05, 3.63) is 0 Å². The maximum absolute atomic E-state index is 13.7. The Morgan fingerprint density at radius 1 is 1.18 bits per heavy atom. The van der Waals surface area contributed by atoms with E-state index in [0.717, 1.165) is 6.07 Å². The van der Waals surface area contributed by atoms with E-state index in [9.17, 15) is 26.0 Å². The lowest BCUT2D eigenvalue weighted by Gasteiger charge is -2.18. The zero-order valence-corrected chi connectivity index (χ0v) is 10.0. The zero-order valence-electron chi connectivity index (χ0n) is 9.22. The predicted molar refractivity (Wildman–Crippen MR) is 53.4 cm³/mol. The Kier molecular flexibility index (Phi) is 5.39. The maximum atomic E-state index is 13.7. The van der Waals surface area contributed by atoms with Gasteiger partial charge in [0.15, 0.2) is 9.84 Å². The summed E-state index contributed by atoms with van der Waals surface area (Å²) in [5, 5.41) is 5.28. The molecule has 1 unspecified atom stereocenters. The topological polar surface area (TPSA) is 57.9 Å². The van der Waals surface area contributed by atoms with Crippen LogP contribution in [0, 0.1) is 11.3 Å². The number of sulfone groups is 1. The number of rotatable bonds is 6. The van der Waals surface area contributed by atoms with E-state index in [2.05, 4.69) is 0 Å².